The fourth-order valence-corrected chi connectivity index (χ4v) is 2.46. The van der Waals surface area contributed by atoms with Gasteiger partial charge in [-0.15, -0.1) is 11.6 Å². The molecule has 104 valence electrons. The lowest BCUT2D eigenvalue weighted by atomic mass is 10.3. The van der Waals surface area contributed by atoms with Crippen molar-refractivity contribution in [1.29, 1.82) is 0 Å². The third-order valence-electron chi connectivity index (χ3n) is 2.80. The van der Waals surface area contributed by atoms with Gasteiger partial charge in [0, 0.05) is 18.1 Å². The molecule has 0 aliphatic carbocycles. The normalized spacial score (nSPS) is 11.3. The zero-order chi connectivity index (χ0) is 13.7. The highest BCUT2D eigenvalue weighted by molar-refractivity contribution is 9.10. The van der Waals surface area contributed by atoms with Crippen LogP contribution in [0.1, 0.15) is 5.82 Å². The second-order valence-electron chi connectivity index (χ2n) is 4.05. The number of hydrogen-bond donors (Lipinski definition) is 0. The molecule has 0 radical (unpaired) electrons. The number of benzene rings is 1. The summed E-state index contributed by atoms with van der Waals surface area (Å²) >= 11 is 9.40. The van der Waals surface area contributed by atoms with Crippen molar-refractivity contribution in [3.05, 3.63) is 28.5 Å². The summed E-state index contributed by atoms with van der Waals surface area (Å²) in [5.41, 5.74) is 2.02. The summed E-state index contributed by atoms with van der Waals surface area (Å²) in [4.78, 5) is 4.53. The molecule has 1 aromatic carbocycles. The van der Waals surface area contributed by atoms with Crippen molar-refractivity contribution in [2.75, 3.05) is 26.9 Å². The Bertz CT molecular complexity index is 545. The molecule has 0 N–H and O–H groups in total. The summed E-state index contributed by atoms with van der Waals surface area (Å²) in [6, 6.07) is 6.04. The Hall–Kier alpha value is -0.620. The van der Waals surface area contributed by atoms with Gasteiger partial charge in [0.15, 0.2) is 0 Å². The Morgan fingerprint density at radius 3 is 2.89 bits per heavy atom. The van der Waals surface area contributed by atoms with Crippen molar-refractivity contribution in [1.82, 2.24) is 9.55 Å². The van der Waals surface area contributed by atoms with Gasteiger partial charge in [-0.05, 0) is 18.2 Å². The van der Waals surface area contributed by atoms with Crippen LogP contribution < -0.4 is 0 Å². The summed E-state index contributed by atoms with van der Waals surface area (Å²) in [7, 11) is 1.66. The van der Waals surface area contributed by atoms with Crippen molar-refractivity contribution < 1.29 is 9.47 Å². The number of nitrogens with zero attached hydrogens (tertiary/aromatic N) is 2. The van der Waals surface area contributed by atoms with E-state index in [0.717, 1.165) is 27.9 Å². The van der Waals surface area contributed by atoms with Gasteiger partial charge < -0.3 is 14.0 Å². The first kappa shape index (κ1) is 14.8. The highest BCUT2D eigenvalue weighted by Gasteiger charge is 2.09. The number of methoxy groups -OCH3 is 1. The maximum absolute atomic E-state index is 5.95. The van der Waals surface area contributed by atoms with Gasteiger partial charge >= 0.3 is 0 Å². The van der Waals surface area contributed by atoms with E-state index < -0.39 is 0 Å². The molecule has 6 heteroatoms. The van der Waals surface area contributed by atoms with E-state index in [1.165, 1.54) is 0 Å². The van der Waals surface area contributed by atoms with E-state index in [1.54, 1.807) is 7.11 Å². The van der Waals surface area contributed by atoms with Crippen LogP contribution in [0.5, 0.6) is 0 Å². The molecule has 0 aliphatic rings. The van der Waals surface area contributed by atoms with Crippen LogP contribution in [-0.2, 0) is 21.9 Å². The van der Waals surface area contributed by atoms with E-state index in [1.807, 2.05) is 18.2 Å². The molecule has 0 fully saturated rings. The van der Waals surface area contributed by atoms with Gasteiger partial charge in [0.05, 0.1) is 36.7 Å². The van der Waals surface area contributed by atoms with Crippen LogP contribution >= 0.6 is 27.5 Å². The molecule has 2 aromatic rings. The topological polar surface area (TPSA) is 36.3 Å². The predicted octanol–water partition coefficient (Wildman–Crippen LogP) is 3.20. The molecular weight excluding hydrogens is 332 g/mol. The quantitative estimate of drug-likeness (QED) is 0.570. The summed E-state index contributed by atoms with van der Waals surface area (Å²) in [5, 5.41) is 0. The molecule has 0 atom stereocenters. The fourth-order valence-electron chi connectivity index (χ4n) is 1.90. The predicted molar refractivity (Wildman–Crippen MR) is 79.7 cm³/mol. The van der Waals surface area contributed by atoms with Crippen LogP contribution in [0.2, 0.25) is 0 Å². The number of halogens is 2. The number of aromatic nitrogens is 2. The maximum atomic E-state index is 5.95. The molecule has 0 saturated carbocycles. The van der Waals surface area contributed by atoms with Crippen molar-refractivity contribution in [3.63, 3.8) is 0 Å². The molecule has 1 heterocycles. The zero-order valence-electron chi connectivity index (χ0n) is 10.7. The van der Waals surface area contributed by atoms with Crippen LogP contribution in [-0.4, -0.2) is 36.5 Å². The monoisotopic (exact) mass is 346 g/mol. The molecule has 0 aliphatic heterocycles. The lowest BCUT2D eigenvalue weighted by Gasteiger charge is -2.08. The minimum absolute atomic E-state index is 0.393. The molecule has 0 amide bonds. The standard InChI is InChI=1S/C13H16BrClN2O2/c1-18-6-7-19-5-4-17-12-3-2-10(14)8-11(12)16-13(17)9-15/h2-3,8H,4-7,9H2,1H3. The first-order valence-corrected chi connectivity index (χ1v) is 7.36. The maximum Gasteiger partial charge on any atom is 0.124 e. The van der Waals surface area contributed by atoms with E-state index in [4.69, 9.17) is 21.1 Å². The van der Waals surface area contributed by atoms with E-state index >= 15 is 0 Å². The van der Waals surface area contributed by atoms with E-state index in [9.17, 15) is 0 Å². The molecule has 19 heavy (non-hydrogen) atoms. The number of ether oxygens (including phenoxy) is 2. The second kappa shape index (κ2) is 7.24. The zero-order valence-corrected chi connectivity index (χ0v) is 13.1. The lowest BCUT2D eigenvalue weighted by Crippen LogP contribution is -2.11. The molecule has 0 spiro atoms. The van der Waals surface area contributed by atoms with Crippen molar-refractivity contribution in [2.45, 2.75) is 12.4 Å². The van der Waals surface area contributed by atoms with E-state index in [2.05, 4.69) is 25.5 Å². The number of hydrogen-bond acceptors (Lipinski definition) is 3. The Balaban J connectivity index is 2.11. The minimum Gasteiger partial charge on any atom is -0.382 e. The van der Waals surface area contributed by atoms with Gasteiger partial charge in [0.1, 0.15) is 5.82 Å². The second-order valence-corrected chi connectivity index (χ2v) is 5.23. The Kier molecular flexibility index (Phi) is 5.63. The fraction of sp³-hybridized carbons (Fsp3) is 0.462. The molecule has 0 unspecified atom stereocenters. The highest BCUT2D eigenvalue weighted by Crippen LogP contribution is 2.21. The van der Waals surface area contributed by atoms with Crippen LogP contribution in [0.4, 0.5) is 0 Å². The Morgan fingerprint density at radius 2 is 2.16 bits per heavy atom. The Morgan fingerprint density at radius 1 is 1.32 bits per heavy atom. The molecule has 1 aromatic heterocycles. The third kappa shape index (κ3) is 3.69. The average molecular weight is 348 g/mol. The largest absolute Gasteiger partial charge is 0.382 e. The number of fused-ring (bicyclic) bond motifs is 1. The Labute approximate surface area is 125 Å². The number of imidazole rings is 1. The SMILES string of the molecule is COCCOCCn1c(CCl)nc2cc(Br)ccc21. The number of alkyl halides is 1. The molecule has 0 saturated heterocycles. The van der Waals surface area contributed by atoms with Gasteiger partial charge in [-0.25, -0.2) is 4.98 Å². The molecule has 0 bridgehead atoms. The van der Waals surface area contributed by atoms with Crippen molar-refractivity contribution in [2.24, 2.45) is 0 Å². The van der Waals surface area contributed by atoms with Gasteiger partial charge in [-0.1, -0.05) is 15.9 Å². The number of rotatable bonds is 7. The van der Waals surface area contributed by atoms with Gasteiger partial charge in [-0.2, -0.15) is 0 Å². The highest BCUT2D eigenvalue weighted by atomic mass is 79.9. The van der Waals surface area contributed by atoms with Crippen LogP contribution in [0.15, 0.2) is 22.7 Å². The van der Waals surface area contributed by atoms with Gasteiger partial charge in [-0.3, -0.25) is 0 Å². The van der Waals surface area contributed by atoms with Crippen molar-refractivity contribution in [3.8, 4) is 0 Å². The summed E-state index contributed by atoms with van der Waals surface area (Å²) in [5.74, 6) is 1.26. The van der Waals surface area contributed by atoms with Gasteiger partial charge in [0.2, 0.25) is 0 Å². The first-order chi connectivity index (χ1) is 9.26. The molecule has 2 rings (SSSR count). The van der Waals surface area contributed by atoms with Crippen LogP contribution in [0.3, 0.4) is 0 Å². The first-order valence-electron chi connectivity index (χ1n) is 6.03. The minimum atomic E-state index is 0.393. The summed E-state index contributed by atoms with van der Waals surface area (Å²) in [6.45, 7) is 2.57. The van der Waals surface area contributed by atoms with Crippen LogP contribution in [0.25, 0.3) is 11.0 Å². The molecular formula is C13H16BrClN2O2. The van der Waals surface area contributed by atoms with Crippen LogP contribution in [0, 0.1) is 0 Å². The summed E-state index contributed by atoms with van der Waals surface area (Å²) < 4.78 is 13.5. The third-order valence-corrected chi connectivity index (χ3v) is 3.53. The van der Waals surface area contributed by atoms with E-state index in [0.29, 0.717) is 25.7 Å². The smallest absolute Gasteiger partial charge is 0.124 e. The van der Waals surface area contributed by atoms with Crippen molar-refractivity contribution >= 4 is 38.6 Å². The summed E-state index contributed by atoms with van der Waals surface area (Å²) in [6.07, 6.45) is 0. The molecule has 4 nitrogen and oxygen atoms in total. The van der Waals surface area contributed by atoms with E-state index in [-0.39, 0.29) is 0 Å². The van der Waals surface area contributed by atoms with Gasteiger partial charge in [0.25, 0.3) is 0 Å². The average Bonchev–Trinajstić information content (AvgIpc) is 2.75. The lowest BCUT2D eigenvalue weighted by molar-refractivity contribution is 0.0667.